The van der Waals surface area contributed by atoms with Crippen molar-refractivity contribution in [2.45, 2.75) is 0 Å². The molecule has 0 unspecified atom stereocenters. The number of hydrogen-bond donors (Lipinski definition) is 0. The number of fused-ring (bicyclic) bond motifs is 11. The largest absolute Gasteiger partial charge is 0.456 e. The van der Waals surface area contributed by atoms with Crippen molar-refractivity contribution < 1.29 is 4.42 Å². The topological polar surface area (TPSA) is 16.4 Å². The van der Waals surface area contributed by atoms with Crippen LogP contribution < -0.4 is 4.90 Å². The summed E-state index contributed by atoms with van der Waals surface area (Å²) in [7, 11) is 0. The molecule has 0 aliphatic rings. The van der Waals surface area contributed by atoms with E-state index in [-0.39, 0.29) is 0 Å². The first-order valence-electron chi connectivity index (χ1n) is 17.3. The molecule has 11 aromatic rings. The number of rotatable bonds is 4. The lowest BCUT2D eigenvalue weighted by Gasteiger charge is -2.26. The van der Waals surface area contributed by atoms with Crippen LogP contribution >= 0.6 is 11.3 Å². The van der Waals surface area contributed by atoms with Gasteiger partial charge < -0.3 is 9.32 Å². The molecule has 2 aromatic heterocycles. The lowest BCUT2D eigenvalue weighted by molar-refractivity contribution is 0.669. The Morgan fingerprint density at radius 1 is 0.353 bits per heavy atom. The van der Waals surface area contributed by atoms with E-state index in [9.17, 15) is 0 Å². The number of anilines is 3. The highest BCUT2D eigenvalue weighted by Gasteiger charge is 2.17. The lowest BCUT2D eigenvalue weighted by atomic mass is 9.94. The van der Waals surface area contributed by atoms with Crippen LogP contribution in [0, 0.1) is 0 Å². The molecule has 0 bridgehead atoms. The number of benzene rings is 9. The van der Waals surface area contributed by atoms with Crippen molar-refractivity contribution >= 4 is 103 Å². The van der Waals surface area contributed by atoms with Gasteiger partial charge in [0.1, 0.15) is 11.2 Å². The van der Waals surface area contributed by atoms with Gasteiger partial charge in [0, 0.05) is 54.1 Å². The monoisotopic (exact) mass is 667 g/mol. The Kier molecular flexibility index (Phi) is 6.16. The van der Waals surface area contributed by atoms with E-state index < -0.39 is 0 Å². The second-order valence-electron chi connectivity index (χ2n) is 13.3. The van der Waals surface area contributed by atoms with E-state index in [0.29, 0.717) is 0 Å². The van der Waals surface area contributed by atoms with Gasteiger partial charge >= 0.3 is 0 Å². The molecule has 2 heterocycles. The highest BCUT2D eigenvalue weighted by molar-refractivity contribution is 7.25. The maximum Gasteiger partial charge on any atom is 0.137 e. The van der Waals surface area contributed by atoms with E-state index >= 15 is 0 Å². The van der Waals surface area contributed by atoms with Crippen molar-refractivity contribution in [2.75, 3.05) is 4.90 Å². The third kappa shape index (κ3) is 4.49. The van der Waals surface area contributed by atoms with Crippen molar-refractivity contribution in [3.05, 3.63) is 176 Å². The number of nitrogens with zero attached hydrogens (tertiary/aromatic N) is 1. The molecule has 0 saturated carbocycles. The standard InChI is InChI=1S/C48H29NOS/c1-2-8-38-31(7-1)13-16-33-17-14-32-15-18-34(27-43(32)48(33)38)30-19-21-35(22-20-30)49(36-23-25-40-39-9-3-5-11-44(39)50-45(40)28-36)37-24-26-42-41-10-4-6-12-46(41)51-47(42)29-37/h1-29H. The highest BCUT2D eigenvalue weighted by atomic mass is 32.1. The Morgan fingerprint density at radius 2 is 0.941 bits per heavy atom. The smallest absolute Gasteiger partial charge is 0.137 e. The fraction of sp³-hybridized carbons (Fsp3) is 0. The van der Waals surface area contributed by atoms with E-state index in [2.05, 4.69) is 169 Å². The van der Waals surface area contributed by atoms with Gasteiger partial charge in [0.25, 0.3) is 0 Å². The SMILES string of the molecule is c1ccc2c(c1)ccc1ccc3ccc(-c4ccc(N(c5ccc6c(c5)oc5ccccc56)c5ccc6c(c5)sc5ccccc56)cc4)cc3c12. The summed E-state index contributed by atoms with van der Waals surface area (Å²) in [6.07, 6.45) is 0. The van der Waals surface area contributed by atoms with Crippen LogP contribution in [0.5, 0.6) is 0 Å². The first-order chi connectivity index (χ1) is 25.2. The van der Waals surface area contributed by atoms with Gasteiger partial charge in [-0.1, -0.05) is 115 Å². The molecule has 9 aromatic carbocycles. The zero-order valence-electron chi connectivity index (χ0n) is 27.5. The average Bonchev–Trinajstić information content (AvgIpc) is 3.75. The number of para-hydroxylation sites is 1. The fourth-order valence-electron chi connectivity index (χ4n) is 7.96. The first-order valence-corrected chi connectivity index (χ1v) is 18.1. The molecule has 0 saturated heterocycles. The van der Waals surface area contributed by atoms with Gasteiger partial charge in [0.2, 0.25) is 0 Å². The van der Waals surface area contributed by atoms with Crippen molar-refractivity contribution in [3.8, 4) is 11.1 Å². The summed E-state index contributed by atoms with van der Waals surface area (Å²) in [6.45, 7) is 0. The number of furan rings is 1. The molecule has 0 spiro atoms. The van der Waals surface area contributed by atoms with Crippen LogP contribution in [0.4, 0.5) is 17.1 Å². The molecule has 51 heavy (non-hydrogen) atoms. The molecule has 2 nitrogen and oxygen atoms in total. The average molecular weight is 668 g/mol. The molecule has 238 valence electrons. The van der Waals surface area contributed by atoms with Gasteiger partial charge in [-0.15, -0.1) is 11.3 Å². The Balaban J connectivity index is 1.06. The maximum absolute atomic E-state index is 6.37. The third-order valence-electron chi connectivity index (χ3n) is 10.4. The lowest BCUT2D eigenvalue weighted by Crippen LogP contribution is -2.09. The van der Waals surface area contributed by atoms with Gasteiger partial charge in [0.15, 0.2) is 0 Å². The summed E-state index contributed by atoms with van der Waals surface area (Å²) in [5, 5.41) is 12.5. The molecule has 0 amide bonds. The van der Waals surface area contributed by atoms with Crippen LogP contribution in [0.2, 0.25) is 0 Å². The first kappa shape index (κ1) is 28.4. The molecule has 0 N–H and O–H groups in total. The zero-order chi connectivity index (χ0) is 33.5. The van der Waals surface area contributed by atoms with Crippen LogP contribution in [0.15, 0.2) is 180 Å². The molecular weight excluding hydrogens is 639 g/mol. The van der Waals surface area contributed by atoms with Crippen molar-refractivity contribution in [2.24, 2.45) is 0 Å². The van der Waals surface area contributed by atoms with Crippen LogP contribution in [-0.2, 0) is 0 Å². The normalized spacial score (nSPS) is 11.9. The number of thiophene rings is 1. The molecule has 0 fully saturated rings. The predicted molar refractivity (Wildman–Crippen MR) is 219 cm³/mol. The summed E-state index contributed by atoms with van der Waals surface area (Å²) in [4.78, 5) is 2.35. The summed E-state index contributed by atoms with van der Waals surface area (Å²) < 4.78 is 8.95. The van der Waals surface area contributed by atoms with Crippen molar-refractivity contribution in [1.82, 2.24) is 0 Å². The summed E-state index contributed by atoms with van der Waals surface area (Å²) in [5.41, 5.74) is 7.44. The van der Waals surface area contributed by atoms with Gasteiger partial charge in [0.05, 0.1) is 0 Å². The molecule has 11 rings (SSSR count). The minimum atomic E-state index is 0.883. The van der Waals surface area contributed by atoms with Crippen LogP contribution in [-0.4, -0.2) is 0 Å². The minimum Gasteiger partial charge on any atom is -0.456 e. The molecule has 0 atom stereocenters. The van der Waals surface area contributed by atoms with E-state index in [1.807, 2.05) is 23.5 Å². The molecule has 0 radical (unpaired) electrons. The van der Waals surface area contributed by atoms with Crippen LogP contribution in [0.1, 0.15) is 0 Å². The minimum absolute atomic E-state index is 0.883. The summed E-state index contributed by atoms with van der Waals surface area (Å²) in [6, 6.07) is 63.9. The molecule has 3 heteroatoms. The zero-order valence-corrected chi connectivity index (χ0v) is 28.3. The fourth-order valence-corrected chi connectivity index (χ4v) is 9.10. The summed E-state index contributed by atoms with van der Waals surface area (Å²) in [5.74, 6) is 0. The Bertz CT molecular complexity index is 3030. The Labute approximate surface area is 298 Å². The van der Waals surface area contributed by atoms with Crippen molar-refractivity contribution in [1.29, 1.82) is 0 Å². The highest BCUT2D eigenvalue weighted by Crippen LogP contribution is 2.43. The predicted octanol–water partition coefficient (Wildman–Crippen LogP) is 14.6. The number of hydrogen-bond acceptors (Lipinski definition) is 3. The molecular formula is C48H29NOS. The van der Waals surface area contributed by atoms with Gasteiger partial charge in [-0.25, -0.2) is 0 Å². The van der Waals surface area contributed by atoms with E-state index in [4.69, 9.17) is 4.42 Å². The quantitative estimate of drug-likeness (QED) is 0.174. The van der Waals surface area contributed by atoms with Crippen LogP contribution in [0.25, 0.3) is 85.6 Å². The van der Waals surface area contributed by atoms with Gasteiger partial charge in [-0.2, -0.15) is 0 Å². The second-order valence-corrected chi connectivity index (χ2v) is 14.4. The molecule has 0 aliphatic carbocycles. The summed E-state index contributed by atoms with van der Waals surface area (Å²) >= 11 is 1.85. The van der Waals surface area contributed by atoms with Gasteiger partial charge in [-0.3, -0.25) is 0 Å². The van der Waals surface area contributed by atoms with Crippen molar-refractivity contribution in [3.63, 3.8) is 0 Å². The van der Waals surface area contributed by atoms with Gasteiger partial charge in [-0.05, 0) is 98.0 Å². The Morgan fingerprint density at radius 3 is 1.80 bits per heavy atom. The maximum atomic E-state index is 6.37. The van der Waals surface area contributed by atoms with Crippen LogP contribution in [0.3, 0.4) is 0 Å². The Hall–Kier alpha value is -6.42. The van der Waals surface area contributed by atoms with E-state index in [0.717, 1.165) is 39.0 Å². The van der Waals surface area contributed by atoms with E-state index in [1.54, 1.807) is 0 Å². The second kappa shape index (κ2) is 11.0. The van der Waals surface area contributed by atoms with E-state index in [1.165, 1.54) is 63.6 Å². The molecule has 0 aliphatic heterocycles. The third-order valence-corrected chi connectivity index (χ3v) is 11.6.